The van der Waals surface area contributed by atoms with Crippen LogP contribution in [-0.2, 0) is 19.6 Å². The normalized spacial score (nSPS) is 14.0. The minimum absolute atomic E-state index is 0.213. The summed E-state index contributed by atoms with van der Waals surface area (Å²) >= 11 is 0. The van der Waals surface area contributed by atoms with E-state index in [9.17, 15) is 13.2 Å². The van der Waals surface area contributed by atoms with E-state index in [4.69, 9.17) is 9.84 Å². The van der Waals surface area contributed by atoms with Gasteiger partial charge in [-0.3, -0.25) is 4.79 Å². The molecule has 0 aliphatic carbocycles. The third-order valence-corrected chi connectivity index (χ3v) is 3.31. The van der Waals surface area contributed by atoms with Gasteiger partial charge in [0.15, 0.2) is 0 Å². The molecule has 0 aromatic rings. The molecule has 0 amide bonds. The molecule has 0 saturated carbocycles. The zero-order chi connectivity index (χ0) is 12.8. The number of methoxy groups -OCH3 is 1. The van der Waals surface area contributed by atoms with Crippen molar-refractivity contribution in [3.05, 3.63) is 0 Å². The number of carbonyl (C=O) groups is 1. The van der Waals surface area contributed by atoms with E-state index in [0.717, 1.165) is 0 Å². The first-order chi connectivity index (χ1) is 7.26. The van der Waals surface area contributed by atoms with Gasteiger partial charge in [0.2, 0.25) is 10.0 Å². The standard InChI is InChI=1S/C9H19NO5S/c1-7(2)4-8(15-3)6-16(13,14)10-5-9(11)12/h7-8,10H,4-6H2,1-3H3,(H,11,12). The lowest BCUT2D eigenvalue weighted by Gasteiger charge is -2.17. The molecule has 0 heterocycles. The Bertz CT molecular complexity index is 312. The summed E-state index contributed by atoms with van der Waals surface area (Å²) in [6, 6.07) is 0. The molecule has 0 radical (unpaired) electrons. The Balaban J connectivity index is 4.26. The Morgan fingerprint density at radius 1 is 1.44 bits per heavy atom. The second kappa shape index (κ2) is 6.82. The van der Waals surface area contributed by atoms with Crippen LogP contribution in [0.15, 0.2) is 0 Å². The highest BCUT2D eigenvalue weighted by Crippen LogP contribution is 2.09. The highest BCUT2D eigenvalue weighted by Gasteiger charge is 2.20. The van der Waals surface area contributed by atoms with Crippen molar-refractivity contribution < 1.29 is 23.1 Å². The molecule has 0 spiro atoms. The molecule has 0 aromatic carbocycles. The van der Waals surface area contributed by atoms with Crippen LogP contribution in [0.3, 0.4) is 0 Å². The topological polar surface area (TPSA) is 92.7 Å². The SMILES string of the molecule is COC(CC(C)C)CS(=O)(=O)NCC(=O)O. The van der Waals surface area contributed by atoms with Crippen LogP contribution in [0.25, 0.3) is 0 Å². The Morgan fingerprint density at radius 2 is 2.00 bits per heavy atom. The number of nitrogens with one attached hydrogen (secondary N) is 1. The number of carboxylic acids is 1. The summed E-state index contributed by atoms with van der Waals surface area (Å²) in [6.45, 7) is 3.33. The molecule has 0 fully saturated rings. The molecule has 16 heavy (non-hydrogen) atoms. The first-order valence-corrected chi connectivity index (χ1v) is 6.64. The van der Waals surface area contributed by atoms with E-state index in [1.54, 1.807) is 0 Å². The Kier molecular flexibility index (Phi) is 6.54. The van der Waals surface area contributed by atoms with Gasteiger partial charge in [-0.25, -0.2) is 13.1 Å². The molecule has 0 aliphatic rings. The molecule has 96 valence electrons. The molecule has 0 aromatic heterocycles. The number of hydrogen-bond acceptors (Lipinski definition) is 4. The van der Waals surface area contributed by atoms with Gasteiger partial charge in [-0.15, -0.1) is 0 Å². The van der Waals surface area contributed by atoms with Gasteiger partial charge in [-0.1, -0.05) is 13.8 Å². The van der Waals surface area contributed by atoms with Crippen molar-refractivity contribution in [2.24, 2.45) is 5.92 Å². The Labute approximate surface area is 96.0 Å². The van der Waals surface area contributed by atoms with Gasteiger partial charge < -0.3 is 9.84 Å². The number of sulfonamides is 1. The molecule has 7 heteroatoms. The van der Waals surface area contributed by atoms with E-state index in [1.807, 2.05) is 18.6 Å². The second-order valence-corrected chi connectivity index (χ2v) is 5.84. The predicted octanol–water partition coefficient (Wildman–Crippen LogP) is 0.0515. The van der Waals surface area contributed by atoms with E-state index >= 15 is 0 Å². The van der Waals surface area contributed by atoms with Crippen LogP contribution >= 0.6 is 0 Å². The lowest BCUT2D eigenvalue weighted by molar-refractivity contribution is -0.135. The number of carboxylic acid groups (broad SMARTS) is 1. The summed E-state index contributed by atoms with van der Waals surface area (Å²) < 4.78 is 29.9. The minimum atomic E-state index is -3.59. The second-order valence-electron chi connectivity index (χ2n) is 3.98. The van der Waals surface area contributed by atoms with Gasteiger partial charge in [-0.05, 0) is 12.3 Å². The predicted molar refractivity (Wildman–Crippen MR) is 59.7 cm³/mol. The Hall–Kier alpha value is -0.660. The molecule has 0 aliphatic heterocycles. The van der Waals surface area contributed by atoms with Gasteiger partial charge in [-0.2, -0.15) is 0 Å². The maximum atomic E-state index is 11.4. The van der Waals surface area contributed by atoms with Gasteiger partial charge in [0.1, 0.15) is 6.54 Å². The summed E-state index contributed by atoms with van der Waals surface area (Å²) in [5.74, 6) is -1.10. The van der Waals surface area contributed by atoms with Crippen molar-refractivity contribution in [1.82, 2.24) is 4.72 Å². The molecule has 1 unspecified atom stereocenters. The average molecular weight is 253 g/mol. The van der Waals surface area contributed by atoms with Crippen molar-refractivity contribution in [2.45, 2.75) is 26.4 Å². The summed E-state index contributed by atoms with van der Waals surface area (Å²) in [4.78, 5) is 10.2. The average Bonchev–Trinajstić information content (AvgIpc) is 2.13. The lowest BCUT2D eigenvalue weighted by atomic mass is 10.1. The van der Waals surface area contributed by atoms with Crippen LogP contribution in [0.4, 0.5) is 0 Å². The Morgan fingerprint density at radius 3 is 2.38 bits per heavy atom. The number of aliphatic carboxylic acids is 1. The first kappa shape index (κ1) is 15.3. The van der Waals surface area contributed by atoms with Gasteiger partial charge in [0.25, 0.3) is 0 Å². The first-order valence-electron chi connectivity index (χ1n) is 4.98. The van der Waals surface area contributed by atoms with E-state index in [-0.39, 0.29) is 5.75 Å². The van der Waals surface area contributed by atoms with Gasteiger partial charge in [0, 0.05) is 7.11 Å². The van der Waals surface area contributed by atoms with Crippen molar-refractivity contribution in [1.29, 1.82) is 0 Å². The van der Waals surface area contributed by atoms with Crippen LogP contribution < -0.4 is 4.72 Å². The van der Waals surface area contributed by atoms with Crippen LogP contribution in [0.1, 0.15) is 20.3 Å². The monoisotopic (exact) mass is 253 g/mol. The largest absolute Gasteiger partial charge is 0.480 e. The number of hydrogen-bond donors (Lipinski definition) is 2. The molecule has 1 atom stereocenters. The summed E-state index contributed by atoms with van der Waals surface area (Å²) in [5, 5.41) is 8.36. The van der Waals surface area contributed by atoms with Crippen LogP contribution in [0.5, 0.6) is 0 Å². The van der Waals surface area contributed by atoms with Crippen molar-refractivity contribution >= 4 is 16.0 Å². The van der Waals surface area contributed by atoms with Crippen LogP contribution in [0.2, 0.25) is 0 Å². The van der Waals surface area contributed by atoms with E-state index in [2.05, 4.69) is 0 Å². The van der Waals surface area contributed by atoms with Gasteiger partial charge in [0.05, 0.1) is 11.9 Å². The molecular weight excluding hydrogens is 234 g/mol. The zero-order valence-corrected chi connectivity index (χ0v) is 10.6. The van der Waals surface area contributed by atoms with Gasteiger partial charge >= 0.3 is 5.97 Å². The number of ether oxygens (including phenoxy) is 1. The third-order valence-electron chi connectivity index (χ3n) is 1.92. The smallest absolute Gasteiger partial charge is 0.318 e. The molecule has 0 saturated heterocycles. The maximum absolute atomic E-state index is 11.4. The van der Waals surface area contributed by atoms with Crippen molar-refractivity contribution in [3.63, 3.8) is 0 Å². The highest BCUT2D eigenvalue weighted by atomic mass is 32.2. The number of rotatable bonds is 8. The summed E-state index contributed by atoms with van der Waals surface area (Å²) in [6.07, 6.45) is 0.205. The molecule has 2 N–H and O–H groups in total. The highest BCUT2D eigenvalue weighted by molar-refractivity contribution is 7.89. The fraction of sp³-hybridized carbons (Fsp3) is 0.889. The van der Waals surface area contributed by atoms with E-state index < -0.39 is 28.6 Å². The zero-order valence-electron chi connectivity index (χ0n) is 9.76. The van der Waals surface area contributed by atoms with Crippen LogP contribution in [0, 0.1) is 5.92 Å². The maximum Gasteiger partial charge on any atom is 0.318 e. The molecular formula is C9H19NO5S. The minimum Gasteiger partial charge on any atom is -0.480 e. The molecule has 0 bridgehead atoms. The quantitative estimate of drug-likeness (QED) is 0.637. The van der Waals surface area contributed by atoms with Crippen LogP contribution in [-0.4, -0.2) is 45.0 Å². The van der Waals surface area contributed by atoms with Crippen molar-refractivity contribution in [2.75, 3.05) is 19.4 Å². The summed E-state index contributed by atoms with van der Waals surface area (Å²) in [5.41, 5.74) is 0. The summed E-state index contributed by atoms with van der Waals surface area (Å²) in [7, 11) is -2.15. The molecule has 0 rings (SSSR count). The third kappa shape index (κ3) is 7.61. The fourth-order valence-corrected chi connectivity index (χ4v) is 2.46. The molecule has 6 nitrogen and oxygen atoms in total. The lowest BCUT2D eigenvalue weighted by Crippen LogP contribution is -2.36. The fourth-order valence-electron chi connectivity index (χ4n) is 1.23. The van der Waals surface area contributed by atoms with Crippen molar-refractivity contribution in [3.8, 4) is 0 Å². The van der Waals surface area contributed by atoms with E-state index in [0.29, 0.717) is 12.3 Å². The van der Waals surface area contributed by atoms with E-state index in [1.165, 1.54) is 7.11 Å².